The van der Waals surface area contributed by atoms with E-state index in [1.54, 1.807) is 0 Å². The Morgan fingerprint density at radius 3 is 2.53 bits per heavy atom. The summed E-state index contributed by atoms with van der Waals surface area (Å²) in [7, 11) is 0. The fourth-order valence-electron chi connectivity index (χ4n) is 2.20. The molecule has 1 fully saturated rings. The van der Waals surface area contributed by atoms with E-state index in [2.05, 4.69) is 41.2 Å². The Bertz CT molecular complexity index is 374. The van der Waals surface area contributed by atoms with Crippen LogP contribution in [-0.4, -0.2) is 54.0 Å². The van der Waals surface area contributed by atoms with E-state index in [-0.39, 0.29) is 0 Å². The predicted octanol–water partition coefficient (Wildman–Crippen LogP) is 1.73. The molecule has 2 rings (SSSR count). The van der Waals surface area contributed by atoms with Crippen LogP contribution in [0.15, 0.2) is 12.1 Å². The molecule has 1 atom stereocenters. The standard InChI is InChI=1S/C14H24N4O/c1-11(2)13-4-5-14(17-16-13)15-12(3)10-18-6-8-19-9-7-18/h4-5,11-12H,6-10H2,1-3H3,(H,15,17). The second-order valence-corrected chi connectivity index (χ2v) is 5.46. The topological polar surface area (TPSA) is 50.3 Å². The van der Waals surface area contributed by atoms with Crippen LogP contribution in [0.5, 0.6) is 0 Å². The van der Waals surface area contributed by atoms with Gasteiger partial charge >= 0.3 is 0 Å². The molecule has 5 nitrogen and oxygen atoms in total. The maximum atomic E-state index is 5.35. The van der Waals surface area contributed by atoms with Gasteiger partial charge < -0.3 is 10.1 Å². The molecule has 0 aromatic carbocycles. The first-order valence-corrected chi connectivity index (χ1v) is 7.05. The van der Waals surface area contributed by atoms with Crippen molar-refractivity contribution in [2.75, 3.05) is 38.2 Å². The molecule has 1 aliphatic heterocycles. The lowest BCUT2D eigenvalue weighted by molar-refractivity contribution is 0.0368. The van der Waals surface area contributed by atoms with Crippen LogP contribution in [0.1, 0.15) is 32.4 Å². The van der Waals surface area contributed by atoms with E-state index in [1.165, 1.54) is 0 Å². The molecule has 5 heteroatoms. The quantitative estimate of drug-likeness (QED) is 0.878. The molecule has 1 aromatic heterocycles. The summed E-state index contributed by atoms with van der Waals surface area (Å²) in [6, 6.07) is 4.41. The number of hydrogen-bond donors (Lipinski definition) is 1. The highest BCUT2D eigenvalue weighted by molar-refractivity contribution is 5.34. The summed E-state index contributed by atoms with van der Waals surface area (Å²) in [6.45, 7) is 11.2. The van der Waals surface area contributed by atoms with Crippen LogP contribution in [0.25, 0.3) is 0 Å². The smallest absolute Gasteiger partial charge is 0.148 e. The number of morpholine rings is 1. The van der Waals surface area contributed by atoms with Gasteiger partial charge in [-0.05, 0) is 25.0 Å². The van der Waals surface area contributed by atoms with E-state index in [1.807, 2.05) is 12.1 Å². The third kappa shape index (κ3) is 4.44. The Kier molecular flexibility index (Phi) is 5.10. The van der Waals surface area contributed by atoms with Crippen LogP contribution in [-0.2, 0) is 4.74 Å². The molecule has 0 amide bonds. The summed E-state index contributed by atoms with van der Waals surface area (Å²) in [5.41, 5.74) is 1.03. The van der Waals surface area contributed by atoms with Gasteiger partial charge in [0.25, 0.3) is 0 Å². The lowest BCUT2D eigenvalue weighted by Gasteiger charge is -2.29. The molecule has 2 heterocycles. The summed E-state index contributed by atoms with van der Waals surface area (Å²) in [4.78, 5) is 2.41. The van der Waals surface area contributed by atoms with Crippen LogP contribution in [0.2, 0.25) is 0 Å². The minimum Gasteiger partial charge on any atom is -0.379 e. The molecule has 0 saturated carbocycles. The number of aromatic nitrogens is 2. The first-order chi connectivity index (χ1) is 9.15. The van der Waals surface area contributed by atoms with Crippen molar-refractivity contribution >= 4 is 5.82 Å². The Morgan fingerprint density at radius 1 is 1.21 bits per heavy atom. The van der Waals surface area contributed by atoms with Gasteiger partial charge in [0, 0.05) is 25.7 Å². The maximum absolute atomic E-state index is 5.35. The zero-order chi connectivity index (χ0) is 13.7. The summed E-state index contributed by atoms with van der Waals surface area (Å²) >= 11 is 0. The Balaban J connectivity index is 1.82. The van der Waals surface area contributed by atoms with Crippen LogP contribution in [0.4, 0.5) is 5.82 Å². The normalized spacial score (nSPS) is 18.5. The summed E-state index contributed by atoms with van der Waals surface area (Å²) in [5.74, 6) is 1.28. The van der Waals surface area contributed by atoms with E-state index in [4.69, 9.17) is 4.74 Å². The Labute approximate surface area is 115 Å². The van der Waals surface area contributed by atoms with Crippen molar-refractivity contribution in [3.05, 3.63) is 17.8 Å². The van der Waals surface area contributed by atoms with E-state index in [9.17, 15) is 0 Å². The lowest BCUT2D eigenvalue weighted by atomic mass is 10.1. The van der Waals surface area contributed by atoms with Crippen molar-refractivity contribution in [2.24, 2.45) is 0 Å². The molecule has 0 aliphatic carbocycles. The third-order valence-electron chi connectivity index (χ3n) is 3.31. The maximum Gasteiger partial charge on any atom is 0.148 e. The monoisotopic (exact) mass is 264 g/mol. The average molecular weight is 264 g/mol. The molecule has 1 aliphatic rings. The van der Waals surface area contributed by atoms with Crippen molar-refractivity contribution in [3.63, 3.8) is 0 Å². The van der Waals surface area contributed by atoms with Crippen molar-refractivity contribution in [1.29, 1.82) is 0 Å². The highest BCUT2D eigenvalue weighted by Gasteiger charge is 2.14. The minimum absolute atomic E-state index is 0.359. The van der Waals surface area contributed by atoms with Gasteiger partial charge in [-0.1, -0.05) is 13.8 Å². The molecule has 0 radical (unpaired) electrons. The number of nitrogens with zero attached hydrogens (tertiary/aromatic N) is 3. The molecule has 19 heavy (non-hydrogen) atoms. The Hall–Kier alpha value is -1.20. The van der Waals surface area contributed by atoms with Crippen LogP contribution in [0, 0.1) is 0 Å². The second kappa shape index (κ2) is 6.82. The SMILES string of the molecule is CC(CN1CCOCC1)Nc1ccc(C(C)C)nn1. The number of nitrogens with one attached hydrogen (secondary N) is 1. The zero-order valence-corrected chi connectivity index (χ0v) is 12.1. The van der Waals surface area contributed by atoms with Crippen LogP contribution >= 0.6 is 0 Å². The molecule has 1 N–H and O–H groups in total. The van der Waals surface area contributed by atoms with Crippen molar-refractivity contribution < 1.29 is 4.74 Å². The summed E-state index contributed by atoms with van der Waals surface area (Å²) < 4.78 is 5.35. The first-order valence-electron chi connectivity index (χ1n) is 7.05. The average Bonchev–Trinajstić information content (AvgIpc) is 2.40. The van der Waals surface area contributed by atoms with Gasteiger partial charge in [0.2, 0.25) is 0 Å². The van der Waals surface area contributed by atoms with Crippen LogP contribution < -0.4 is 5.32 Å². The predicted molar refractivity (Wildman–Crippen MR) is 76.5 cm³/mol. The number of rotatable bonds is 5. The fourth-order valence-corrected chi connectivity index (χ4v) is 2.20. The summed E-state index contributed by atoms with van der Waals surface area (Å²) in [5, 5.41) is 11.9. The van der Waals surface area contributed by atoms with Gasteiger partial charge in [-0.15, -0.1) is 5.10 Å². The van der Waals surface area contributed by atoms with Gasteiger partial charge in [-0.25, -0.2) is 0 Å². The molecule has 0 bridgehead atoms. The first kappa shape index (κ1) is 14.2. The Morgan fingerprint density at radius 2 is 1.95 bits per heavy atom. The fraction of sp³-hybridized carbons (Fsp3) is 0.714. The molecule has 0 spiro atoms. The number of ether oxygens (including phenoxy) is 1. The second-order valence-electron chi connectivity index (χ2n) is 5.46. The molecule has 1 unspecified atom stereocenters. The number of hydrogen-bond acceptors (Lipinski definition) is 5. The molecular weight excluding hydrogens is 240 g/mol. The van der Waals surface area contributed by atoms with Gasteiger partial charge in [0.05, 0.1) is 18.9 Å². The van der Waals surface area contributed by atoms with E-state index in [0.717, 1.165) is 44.4 Å². The molecule has 1 aromatic rings. The number of anilines is 1. The highest BCUT2D eigenvalue weighted by atomic mass is 16.5. The highest BCUT2D eigenvalue weighted by Crippen LogP contribution is 2.12. The largest absolute Gasteiger partial charge is 0.379 e. The van der Waals surface area contributed by atoms with Gasteiger partial charge in [-0.3, -0.25) is 4.90 Å². The van der Waals surface area contributed by atoms with Gasteiger partial charge in [0.15, 0.2) is 0 Å². The van der Waals surface area contributed by atoms with Crippen molar-refractivity contribution in [3.8, 4) is 0 Å². The van der Waals surface area contributed by atoms with Crippen LogP contribution in [0.3, 0.4) is 0 Å². The van der Waals surface area contributed by atoms with E-state index in [0.29, 0.717) is 12.0 Å². The van der Waals surface area contributed by atoms with Crippen molar-refractivity contribution in [2.45, 2.75) is 32.7 Å². The lowest BCUT2D eigenvalue weighted by Crippen LogP contribution is -2.42. The molecular formula is C14H24N4O. The van der Waals surface area contributed by atoms with E-state index >= 15 is 0 Å². The third-order valence-corrected chi connectivity index (χ3v) is 3.31. The molecule has 106 valence electrons. The van der Waals surface area contributed by atoms with Gasteiger partial charge in [-0.2, -0.15) is 5.10 Å². The van der Waals surface area contributed by atoms with Gasteiger partial charge in [0.1, 0.15) is 5.82 Å². The zero-order valence-electron chi connectivity index (χ0n) is 12.1. The van der Waals surface area contributed by atoms with E-state index < -0.39 is 0 Å². The summed E-state index contributed by atoms with van der Waals surface area (Å²) in [6.07, 6.45) is 0. The van der Waals surface area contributed by atoms with Crippen molar-refractivity contribution in [1.82, 2.24) is 15.1 Å². The minimum atomic E-state index is 0.359. The molecule has 1 saturated heterocycles.